The van der Waals surface area contributed by atoms with Gasteiger partial charge in [-0.15, -0.1) is 6.42 Å². The van der Waals surface area contributed by atoms with E-state index in [1.54, 1.807) is 19.2 Å². The van der Waals surface area contributed by atoms with Crippen molar-refractivity contribution in [2.75, 3.05) is 20.2 Å². The van der Waals surface area contributed by atoms with Crippen molar-refractivity contribution in [3.8, 4) is 18.1 Å². The van der Waals surface area contributed by atoms with Crippen LogP contribution in [-0.2, 0) is 4.79 Å². The predicted molar refractivity (Wildman–Crippen MR) is 71.2 cm³/mol. The normalized spacial score (nSPS) is 11.5. The Morgan fingerprint density at radius 1 is 1.58 bits per heavy atom. The molecular formula is C14H17FN2O2. The number of carbonyl (C=O) groups is 1. The molecule has 0 aliphatic carbocycles. The van der Waals surface area contributed by atoms with Gasteiger partial charge >= 0.3 is 0 Å². The first-order valence-electron chi connectivity index (χ1n) is 5.88. The van der Waals surface area contributed by atoms with Crippen molar-refractivity contribution in [2.24, 2.45) is 0 Å². The molecule has 0 aliphatic rings. The fourth-order valence-electron chi connectivity index (χ4n) is 1.45. The highest BCUT2D eigenvalue weighted by Crippen LogP contribution is 2.21. The molecule has 0 radical (unpaired) electrons. The molecule has 0 bridgehead atoms. The third-order valence-electron chi connectivity index (χ3n) is 2.63. The van der Waals surface area contributed by atoms with Crippen molar-refractivity contribution in [2.45, 2.75) is 13.0 Å². The maximum Gasteiger partial charge on any atom is 0.258 e. The van der Waals surface area contributed by atoms with Crippen molar-refractivity contribution >= 4 is 5.91 Å². The molecule has 1 aromatic rings. The van der Waals surface area contributed by atoms with Crippen LogP contribution in [0.4, 0.5) is 4.39 Å². The molecule has 1 aromatic carbocycles. The van der Waals surface area contributed by atoms with E-state index < -0.39 is 0 Å². The lowest BCUT2D eigenvalue weighted by molar-refractivity contribution is -0.122. The minimum absolute atomic E-state index is 0.0898. The van der Waals surface area contributed by atoms with E-state index in [0.717, 1.165) is 0 Å². The van der Waals surface area contributed by atoms with Crippen molar-refractivity contribution < 1.29 is 13.9 Å². The van der Waals surface area contributed by atoms with Gasteiger partial charge in [0.2, 0.25) is 0 Å². The summed E-state index contributed by atoms with van der Waals surface area (Å²) in [7, 11) is 1.75. The Labute approximate surface area is 112 Å². The molecule has 0 fully saturated rings. The first-order chi connectivity index (χ1) is 9.08. The quantitative estimate of drug-likeness (QED) is 0.760. The Morgan fingerprint density at radius 3 is 2.89 bits per heavy atom. The standard InChI is InChI=1S/C14H17FN2O2/c1-4-7-17-14(18)9-19-11-5-6-12(10(2)16-3)13(15)8-11/h1,5-6,8,10,16H,7,9H2,2-3H3,(H,17,18). The second-order valence-electron chi connectivity index (χ2n) is 3.96. The highest BCUT2D eigenvalue weighted by molar-refractivity contribution is 5.77. The topological polar surface area (TPSA) is 50.4 Å². The van der Waals surface area contributed by atoms with Crippen molar-refractivity contribution in [1.29, 1.82) is 0 Å². The SMILES string of the molecule is C#CCNC(=O)COc1ccc(C(C)NC)c(F)c1. The largest absolute Gasteiger partial charge is 0.484 e. The highest BCUT2D eigenvalue weighted by Gasteiger charge is 2.10. The molecule has 0 spiro atoms. The summed E-state index contributed by atoms with van der Waals surface area (Å²) < 4.78 is 18.9. The maximum atomic E-state index is 13.8. The summed E-state index contributed by atoms with van der Waals surface area (Å²) in [5.74, 6) is 1.87. The van der Waals surface area contributed by atoms with Crippen molar-refractivity contribution in [1.82, 2.24) is 10.6 Å². The van der Waals surface area contributed by atoms with E-state index in [1.165, 1.54) is 6.07 Å². The van der Waals surface area contributed by atoms with E-state index in [-0.39, 0.29) is 30.9 Å². The summed E-state index contributed by atoms with van der Waals surface area (Å²) >= 11 is 0. The number of ether oxygens (including phenoxy) is 1. The Kier molecular flexibility index (Phi) is 5.83. The smallest absolute Gasteiger partial charge is 0.258 e. The van der Waals surface area contributed by atoms with E-state index in [4.69, 9.17) is 11.2 Å². The molecule has 19 heavy (non-hydrogen) atoms. The van der Waals surface area contributed by atoms with E-state index in [2.05, 4.69) is 16.6 Å². The second kappa shape index (κ2) is 7.39. The van der Waals surface area contributed by atoms with E-state index in [1.807, 2.05) is 6.92 Å². The first-order valence-corrected chi connectivity index (χ1v) is 5.88. The van der Waals surface area contributed by atoms with Crippen LogP contribution in [0.3, 0.4) is 0 Å². The molecule has 1 unspecified atom stereocenters. The van der Waals surface area contributed by atoms with Gasteiger partial charge in [0, 0.05) is 17.7 Å². The average Bonchev–Trinajstić information content (AvgIpc) is 2.42. The summed E-state index contributed by atoms with van der Waals surface area (Å²) in [4.78, 5) is 11.2. The van der Waals surface area contributed by atoms with Gasteiger partial charge in [0.1, 0.15) is 11.6 Å². The van der Waals surface area contributed by atoms with Crippen LogP contribution >= 0.6 is 0 Å². The van der Waals surface area contributed by atoms with Crippen LogP contribution in [0.1, 0.15) is 18.5 Å². The predicted octanol–water partition coefficient (Wildman–Crippen LogP) is 1.23. The molecule has 4 nitrogen and oxygen atoms in total. The summed E-state index contributed by atoms with van der Waals surface area (Å²) in [5, 5.41) is 5.40. The number of nitrogens with one attached hydrogen (secondary N) is 2. The first kappa shape index (κ1) is 15.0. The van der Waals surface area contributed by atoms with Crippen LogP contribution in [-0.4, -0.2) is 26.1 Å². The van der Waals surface area contributed by atoms with Crippen LogP contribution in [0.15, 0.2) is 18.2 Å². The molecule has 0 heterocycles. The summed E-state index contributed by atoms with van der Waals surface area (Å²) in [6.45, 7) is 1.81. The van der Waals surface area contributed by atoms with Crippen LogP contribution in [0.25, 0.3) is 0 Å². The Bertz CT molecular complexity index is 483. The molecule has 5 heteroatoms. The van der Waals surface area contributed by atoms with Gasteiger partial charge in [-0.2, -0.15) is 0 Å². The molecular weight excluding hydrogens is 247 g/mol. The van der Waals surface area contributed by atoms with Crippen LogP contribution < -0.4 is 15.4 Å². The van der Waals surface area contributed by atoms with Crippen molar-refractivity contribution in [3.63, 3.8) is 0 Å². The third kappa shape index (κ3) is 4.60. The molecule has 1 amide bonds. The Hall–Kier alpha value is -2.06. The monoisotopic (exact) mass is 264 g/mol. The molecule has 0 saturated carbocycles. The zero-order valence-corrected chi connectivity index (χ0v) is 11.0. The third-order valence-corrected chi connectivity index (χ3v) is 2.63. The minimum Gasteiger partial charge on any atom is -0.484 e. The van der Waals surface area contributed by atoms with Crippen LogP contribution in [0.2, 0.25) is 0 Å². The van der Waals surface area contributed by atoms with Crippen molar-refractivity contribution in [3.05, 3.63) is 29.6 Å². The van der Waals surface area contributed by atoms with E-state index in [9.17, 15) is 9.18 Å². The molecule has 2 N–H and O–H groups in total. The molecule has 0 aromatic heterocycles. The van der Waals surface area contributed by atoms with Gasteiger partial charge in [0.25, 0.3) is 5.91 Å². The van der Waals surface area contributed by atoms with Gasteiger partial charge in [-0.25, -0.2) is 4.39 Å². The van der Waals surface area contributed by atoms with E-state index >= 15 is 0 Å². The maximum absolute atomic E-state index is 13.8. The number of benzene rings is 1. The second-order valence-corrected chi connectivity index (χ2v) is 3.96. The Balaban J connectivity index is 2.59. The number of halogens is 1. The highest BCUT2D eigenvalue weighted by atomic mass is 19.1. The van der Waals surface area contributed by atoms with Gasteiger partial charge in [-0.3, -0.25) is 4.79 Å². The molecule has 0 saturated heterocycles. The van der Waals surface area contributed by atoms with Gasteiger partial charge in [-0.05, 0) is 20.0 Å². The summed E-state index contributed by atoms with van der Waals surface area (Å²) in [6, 6.07) is 4.43. The lowest BCUT2D eigenvalue weighted by atomic mass is 10.1. The molecule has 1 atom stereocenters. The number of carbonyl (C=O) groups excluding carboxylic acids is 1. The number of hydrogen-bond acceptors (Lipinski definition) is 3. The number of terminal acetylenes is 1. The lowest BCUT2D eigenvalue weighted by Gasteiger charge is -2.13. The van der Waals surface area contributed by atoms with Crippen LogP contribution in [0, 0.1) is 18.2 Å². The number of rotatable bonds is 6. The molecule has 102 valence electrons. The van der Waals surface area contributed by atoms with Gasteiger partial charge in [0.15, 0.2) is 6.61 Å². The summed E-state index contributed by atoms with van der Waals surface area (Å²) in [6.07, 6.45) is 5.00. The van der Waals surface area contributed by atoms with Gasteiger partial charge in [0.05, 0.1) is 6.54 Å². The molecule has 0 aliphatic heterocycles. The fourth-order valence-corrected chi connectivity index (χ4v) is 1.45. The Morgan fingerprint density at radius 2 is 2.32 bits per heavy atom. The zero-order valence-electron chi connectivity index (χ0n) is 11.0. The lowest BCUT2D eigenvalue weighted by Crippen LogP contribution is -2.29. The van der Waals surface area contributed by atoms with E-state index in [0.29, 0.717) is 11.3 Å². The average molecular weight is 264 g/mol. The number of amides is 1. The number of hydrogen-bond donors (Lipinski definition) is 2. The van der Waals surface area contributed by atoms with Gasteiger partial charge < -0.3 is 15.4 Å². The van der Waals surface area contributed by atoms with Gasteiger partial charge in [-0.1, -0.05) is 12.0 Å². The molecule has 1 rings (SSSR count). The summed E-state index contributed by atoms with van der Waals surface area (Å²) in [5.41, 5.74) is 0.548. The van der Waals surface area contributed by atoms with Crippen LogP contribution in [0.5, 0.6) is 5.75 Å². The minimum atomic E-state index is -0.372. The fraction of sp³-hybridized carbons (Fsp3) is 0.357. The zero-order chi connectivity index (χ0) is 14.3.